The molecule has 2 aliphatic rings. The maximum absolute atomic E-state index is 13.5. The Morgan fingerprint density at radius 1 is 1.31 bits per heavy atom. The lowest BCUT2D eigenvalue weighted by Crippen LogP contribution is -3.14. The Morgan fingerprint density at radius 3 is 2.79 bits per heavy atom. The third kappa shape index (κ3) is 5.00. The summed E-state index contributed by atoms with van der Waals surface area (Å²) in [5.41, 5.74) is 3.47. The second-order valence-corrected chi connectivity index (χ2v) is 8.59. The van der Waals surface area contributed by atoms with E-state index in [0.29, 0.717) is 11.6 Å². The van der Waals surface area contributed by atoms with Gasteiger partial charge in [-0.05, 0) is 30.4 Å². The van der Waals surface area contributed by atoms with Crippen molar-refractivity contribution in [3.05, 3.63) is 52.3 Å². The van der Waals surface area contributed by atoms with Gasteiger partial charge in [0.1, 0.15) is 18.8 Å². The maximum atomic E-state index is 13.5. The van der Waals surface area contributed by atoms with Gasteiger partial charge in [0.2, 0.25) is 5.91 Å². The van der Waals surface area contributed by atoms with Gasteiger partial charge >= 0.3 is 0 Å². The van der Waals surface area contributed by atoms with Crippen LogP contribution in [-0.2, 0) is 36.0 Å². The third-order valence-electron chi connectivity index (χ3n) is 6.14. The summed E-state index contributed by atoms with van der Waals surface area (Å²) in [4.78, 5) is 17.0. The molecule has 1 aromatic carbocycles. The normalized spacial score (nSPS) is 19.7. The van der Waals surface area contributed by atoms with Crippen LogP contribution in [0.1, 0.15) is 23.2 Å². The molecule has 2 heterocycles. The Labute approximate surface area is 177 Å². The standard InChI is InChI=1S/C22H29ClN4O2/c1-25-15-20(23)21(24-25)16-27(9-8-26-10-12-29-13-11-26)22(28)19-7-6-17-4-2-3-5-18(17)14-19/h2-5,15,19H,6-14,16H2,1H3/p+1/t19-/m1/s1. The molecule has 1 atom stereocenters. The van der Waals surface area contributed by atoms with E-state index in [1.54, 1.807) is 10.9 Å². The van der Waals surface area contributed by atoms with Gasteiger partial charge in [0.05, 0.1) is 37.9 Å². The maximum Gasteiger partial charge on any atom is 0.226 e. The first-order chi connectivity index (χ1) is 14.1. The first kappa shape index (κ1) is 20.4. The van der Waals surface area contributed by atoms with Crippen molar-refractivity contribution in [3.63, 3.8) is 0 Å². The van der Waals surface area contributed by atoms with E-state index in [-0.39, 0.29) is 11.8 Å². The van der Waals surface area contributed by atoms with Crippen LogP contribution >= 0.6 is 11.6 Å². The van der Waals surface area contributed by atoms with Gasteiger partial charge in [-0.1, -0.05) is 35.9 Å². The number of rotatable bonds is 6. The predicted molar refractivity (Wildman–Crippen MR) is 112 cm³/mol. The number of aromatic nitrogens is 2. The quantitative estimate of drug-likeness (QED) is 0.766. The Kier molecular flexibility index (Phi) is 6.53. The second-order valence-electron chi connectivity index (χ2n) is 8.18. The summed E-state index contributed by atoms with van der Waals surface area (Å²) in [6.07, 6.45) is 4.50. The molecule has 1 amide bonds. The van der Waals surface area contributed by atoms with Crippen molar-refractivity contribution in [1.82, 2.24) is 14.7 Å². The number of fused-ring (bicyclic) bond motifs is 1. The summed E-state index contributed by atoms with van der Waals surface area (Å²) in [6.45, 7) is 5.73. The molecule has 0 saturated carbocycles. The first-order valence-electron chi connectivity index (χ1n) is 10.5. The number of quaternary nitrogens is 1. The van der Waals surface area contributed by atoms with E-state index < -0.39 is 0 Å². The van der Waals surface area contributed by atoms with Crippen LogP contribution in [0.15, 0.2) is 30.5 Å². The van der Waals surface area contributed by atoms with E-state index in [2.05, 4.69) is 29.4 Å². The zero-order valence-electron chi connectivity index (χ0n) is 17.1. The van der Waals surface area contributed by atoms with Gasteiger partial charge in [-0.15, -0.1) is 0 Å². The average molecular weight is 418 g/mol. The van der Waals surface area contributed by atoms with Crippen molar-refractivity contribution in [3.8, 4) is 0 Å². The van der Waals surface area contributed by atoms with Crippen LogP contribution in [-0.4, -0.2) is 60.0 Å². The lowest BCUT2D eigenvalue weighted by Gasteiger charge is -2.31. The van der Waals surface area contributed by atoms with Crippen LogP contribution < -0.4 is 4.90 Å². The molecule has 0 radical (unpaired) electrons. The SMILES string of the molecule is Cn1cc(Cl)c(CN(CC[NH+]2CCOCC2)C(=O)[C@@H]2CCc3ccccc3C2)n1. The second kappa shape index (κ2) is 9.28. The minimum absolute atomic E-state index is 0.0343. The Balaban J connectivity index is 1.47. The molecule has 2 aromatic rings. The van der Waals surface area contributed by atoms with E-state index in [4.69, 9.17) is 16.3 Å². The first-order valence-corrected chi connectivity index (χ1v) is 10.9. The van der Waals surface area contributed by atoms with Gasteiger partial charge in [-0.2, -0.15) is 5.10 Å². The Hall–Kier alpha value is -1.89. The number of nitrogens with zero attached hydrogens (tertiary/aromatic N) is 3. The van der Waals surface area contributed by atoms with Crippen molar-refractivity contribution in [2.45, 2.75) is 25.8 Å². The molecule has 1 saturated heterocycles. The van der Waals surface area contributed by atoms with E-state index >= 15 is 0 Å². The predicted octanol–water partition coefficient (Wildman–Crippen LogP) is 1.12. The number of carbonyl (C=O) groups excluding carboxylic acids is 1. The molecule has 0 bridgehead atoms. The Bertz CT molecular complexity index is 847. The molecule has 1 aromatic heterocycles. The number of ether oxygens (including phenoxy) is 1. The minimum Gasteiger partial charge on any atom is -0.370 e. The average Bonchev–Trinajstić information content (AvgIpc) is 3.07. The highest BCUT2D eigenvalue weighted by atomic mass is 35.5. The molecule has 7 heteroatoms. The highest BCUT2D eigenvalue weighted by Crippen LogP contribution is 2.27. The molecule has 4 rings (SSSR count). The summed E-state index contributed by atoms with van der Waals surface area (Å²) in [7, 11) is 1.86. The monoisotopic (exact) mass is 417 g/mol. The smallest absolute Gasteiger partial charge is 0.226 e. The molecular formula is C22H30ClN4O2+. The molecule has 156 valence electrons. The van der Waals surface area contributed by atoms with Crippen LogP contribution in [0.25, 0.3) is 0 Å². The molecule has 29 heavy (non-hydrogen) atoms. The number of halogens is 1. The number of hydrogen-bond acceptors (Lipinski definition) is 3. The van der Waals surface area contributed by atoms with Crippen molar-refractivity contribution in [2.24, 2.45) is 13.0 Å². The van der Waals surface area contributed by atoms with E-state index in [9.17, 15) is 4.79 Å². The van der Waals surface area contributed by atoms with Crippen molar-refractivity contribution < 1.29 is 14.4 Å². The van der Waals surface area contributed by atoms with Crippen LogP contribution in [0.3, 0.4) is 0 Å². The molecule has 1 N–H and O–H groups in total. The molecule has 0 unspecified atom stereocenters. The van der Waals surface area contributed by atoms with E-state index in [1.807, 2.05) is 11.9 Å². The highest BCUT2D eigenvalue weighted by molar-refractivity contribution is 6.31. The van der Waals surface area contributed by atoms with Crippen LogP contribution in [0.5, 0.6) is 0 Å². The minimum atomic E-state index is 0.0343. The fourth-order valence-corrected chi connectivity index (χ4v) is 4.67. The highest BCUT2D eigenvalue weighted by Gasteiger charge is 2.30. The van der Waals surface area contributed by atoms with E-state index in [0.717, 1.165) is 64.3 Å². The van der Waals surface area contributed by atoms with Crippen molar-refractivity contribution in [1.29, 1.82) is 0 Å². The van der Waals surface area contributed by atoms with Crippen molar-refractivity contribution >= 4 is 17.5 Å². The summed E-state index contributed by atoms with van der Waals surface area (Å²) in [5.74, 6) is 0.265. The summed E-state index contributed by atoms with van der Waals surface area (Å²) in [5, 5.41) is 5.10. The van der Waals surface area contributed by atoms with Crippen LogP contribution in [0.2, 0.25) is 5.02 Å². The number of hydrogen-bond donors (Lipinski definition) is 1. The topological polar surface area (TPSA) is 51.8 Å². The Morgan fingerprint density at radius 2 is 2.07 bits per heavy atom. The number of carbonyl (C=O) groups is 1. The number of amides is 1. The summed E-state index contributed by atoms with van der Waals surface area (Å²) in [6, 6.07) is 8.50. The number of benzene rings is 1. The summed E-state index contributed by atoms with van der Waals surface area (Å²) >= 11 is 6.35. The number of nitrogens with one attached hydrogen (secondary N) is 1. The zero-order chi connectivity index (χ0) is 20.2. The molecule has 1 aliphatic heterocycles. The molecule has 6 nitrogen and oxygen atoms in total. The molecule has 1 fully saturated rings. The molecule has 0 spiro atoms. The van der Waals surface area contributed by atoms with Crippen LogP contribution in [0, 0.1) is 5.92 Å². The van der Waals surface area contributed by atoms with Gasteiger partial charge in [-0.25, -0.2) is 0 Å². The fraction of sp³-hybridized carbons (Fsp3) is 0.545. The van der Waals surface area contributed by atoms with Gasteiger partial charge < -0.3 is 14.5 Å². The third-order valence-corrected chi connectivity index (χ3v) is 6.45. The zero-order valence-corrected chi connectivity index (χ0v) is 17.8. The lowest BCUT2D eigenvalue weighted by atomic mass is 9.83. The lowest BCUT2D eigenvalue weighted by molar-refractivity contribution is -0.907. The number of morpholine rings is 1. The molecule has 1 aliphatic carbocycles. The summed E-state index contributed by atoms with van der Waals surface area (Å²) < 4.78 is 7.18. The van der Waals surface area contributed by atoms with Crippen molar-refractivity contribution in [2.75, 3.05) is 39.4 Å². The van der Waals surface area contributed by atoms with Crippen LogP contribution in [0.4, 0.5) is 0 Å². The fourth-order valence-electron chi connectivity index (χ4n) is 4.43. The molecular weight excluding hydrogens is 388 g/mol. The van der Waals surface area contributed by atoms with Gasteiger partial charge in [-0.3, -0.25) is 9.48 Å². The van der Waals surface area contributed by atoms with Gasteiger partial charge in [0, 0.05) is 19.2 Å². The van der Waals surface area contributed by atoms with Gasteiger partial charge in [0.15, 0.2) is 0 Å². The largest absolute Gasteiger partial charge is 0.370 e. The number of aryl methyl sites for hydroxylation is 2. The van der Waals surface area contributed by atoms with Gasteiger partial charge in [0.25, 0.3) is 0 Å². The van der Waals surface area contributed by atoms with E-state index in [1.165, 1.54) is 16.0 Å².